The van der Waals surface area contributed by atoms with Crippen molar-refractivity contribution in [1.29, 1.82) is 0 Å². The third-order valence-electron chi connectivity index (χ3n) is 3.67. The largest absolute Gasteiger partial charge is 0.324 e. The summed E-state index contributed by atoms with van der Waals surface area (Å²) in [5.74, 6) is 0.323. The van der Waals surface area contributed by atoms with Gasteiger partial charge in [-0.3, -0.25) is 0 Å². The molecule has 96 valence electrons. The van der Waals surface area contributed by atoms with E-state index in [1.54, 1.807) is 6.07 Å². The summed E-state index contributed by atoms with van der Waals surface area (Å²) in [7, 11) is 0. The van der Waals surface area contributed by atoms with E-state index in [2.05, 4.69) is 0 Å². The fourth-order valence-corrected chi connectivity index (χ4v) is 2.65. The number of hydrogen-bond acceptors (Lipinski definition) is 1. The van der Waals surface area contributed by atoms with E-state index in [0.29, 0.717) is 11.5 Å². The minimum atomic E-state index is -0.141. The number of benzene rings is 1. The van der Waals surface area contributed by atoms with Crippen molar-refractivity contribution in [2.24, 2.45) is 11.7 Å². The van der Waals surface area contributed by atoms with Crippen molar-refractivity contribution >= 4 is 12.4 Å². The van der Waals surface area contributed by atoms with E-state index in [1.165, 1.54) is 19.3 Å². The van der Waals surface area contributed by atoms with Crippen molar-refractivity contribution in [2.45, 2.75) is 45.1 Å². The zero-order valence-electron chi connectivity index (χ0n) is 10.3. The summed E-state index contributed by atoms with van der Waals surface area (Å²) in [5, 5.41) is 0. The molecule has 1 aliphatic rings. The minimum Gasteiger partial charge on any atom is -0.324 e. The molecule has 1 aliphatic carbocycles. The topological polar surface area (TPSA) is 26.0 Å². The SMILES string of the molecule is Cc1ccc([C@@H](N)C2CCCCC2)c(F)c1.Cl. The van der Waals surface area contributed by atoms with Gasteiger partial charge in [0.25, 0.3) is 0 Å². The molecule has 0 aromatic heterocycles. The van der Waals surface area contributed by atoms with Crippen molar-refractivity contribution in [3.8, 4) is 0 Å². The number of nitrogens with two attached hydrogens (primary N) is 1. The highest BCUT2D eigenvalue weighted by atomic mass is 35.5. The summed E-state index contributed by atoms with van der Waals surface area (Å²) in [5.41, 5.74) is 7.83. The third kappa shape index (κ3) is 3.43. The molecule has 1 atom stereocenters. The normalized spacial score (nSPS) is 18.5. The Hall–Kier alpha value is -0.600. The summed E-state index contributed by atoms with van der Waals surface area (Å²) < 4.78 is 13.8. The first-order valence-corrected chi connectivity index (χ1v) is 6.20. The highest BCUT2D eigenvalue weighted by molar-refractivity contribution is 5.85. The second-order valence-corrected chi connectivity index (χ2v) is 4.95. The first-order valence-electron chi connectivity index (χ1n) is 6.20. The van der Waals surface area contributed by atoms with Crippen molar-refractivity contribution in [3.63, 3.8) is 0 Å². The molecular weight excluding hydrogens is 237 g/mol. The Morgan fingerprint density at radius 1 is 1.24 bits per heavy atom. The number of hydrogen-bond donors (Lipinski definition) is 1. The Morgan fingerprint density at radius 3 is 2.47 bits per heavy atom. The van der Waals surface area contributed by atoms with Gasteiger partial charge in [0.15, 0.2) is 0 Å². The van der Waals surface area contributed by atoms with Gasteiger partial charge in [0.05, 0.1) is 0 Å². The fraction of sp³-hybridized carbons (Fsp3) is 0.571. The van der Waals surface area contributed by atoms with Gasteiger partial charge in [-0.25, -0.2) is 4.39 Å². The van der Waals surface area contributed by atoms with Crippen LogP contribution < -0.4 is 5.73 Å². The minimum absolute atomic E-state index is 0. The van der Waals surface area contributed by atoms with Gasteiger partial charge >= 0.3 is 0 Å². The molecule has 3 heteroatoms. The molecule has 1 aromatic carbocycles. The van der Waals surface area contributed by atoms with Crippen LogP contribution in [0.15, 0.2) is 18.2 Å². The van der Waals surface area contributed by atoms with Gasteiger partial charge in [-0.1, -0.05) is 31.4 Å². The summed E-state index contributed by atoms with van der Waals surface area (Å²) in [4.78, 5) is 0. The lowest BCUT2D eigenvalue weighted by Gasteiger charge is -2.28. The molecule has 17 heavy (non-hydrogen) atoms. The standard InChI is InChI=1S/C14H20FN.ClH/c1-10-7-8-12(13(15)9-10)14(16)11-5-3-2-4-6-11;/h7-9,11,14H,2-6,16H2,1H3;1H/t14-;/m0./s1. The molecule has 0 saturated heterocycles. The Morgan fingerprint density at radius 2 is 1.88 bits per heavy atom. The molecule has 0 bridgehead atoms. The Kier molecular flexibility index (Phi) is 5.41. The van der Waals surface area contributed by atoms with E-state index in [1.807, 2.05) is 19.1 Å². The summed E-state index contributed by atoms with van der Waals surface area (Å²) >= 11 is 0. The smallest absolute Gasteiger partial charge is 0.128 e. The van der Waals surface area contributed by atoms with E-state index in [9.17, 15) is 4.39 Å². The van der Waals surface area contributed by atoms with Crippen LogP contribution in [-0.2, 0) is 0 Å². The maximum atomic E-state index is 13.8. The molecule has 1 saturated carbocycles. The average molecular weight is 258 g/mol. The molecule has 1 aromatic rings. The first-order chi connectivity index (χ1) is 7.68. The van der Waals surface area contributed by atoms with Crippen LogP contribution in [0, 0.1) is 18.7 Å². The van der Waals surface area contributed by atoms with Gasteiger partial charge < -0.3 is 5.73 Å². The maximum absolute atomic E-state index is 13.8. The van der Waals surface area contributed by atoms with Crippen LogP contribution in [0.3, 0.4) is 0 Å². The number of rotatable bonds is 2. The van der Waals surface area contributed by atoms with Crippen molar-refractivity contribution < 1.29 is 4.39 Å². The van der Waals surface area contributed by atoms with Crippen molar-refractivity contribution in [2.75, 3.05) is 0 Å². The van der Waals surface area contributed by atoms with Gasteiger partial charge in [-0.15, -0.1) is 12.4 Å². The average Bonchev–Trinajstić information content (AvgIpc) is 2.29. The van der Waals surface area contributed by atoms with Gasteiger partial charge in [-0.05, 0) is 37.3 Å². The molecular formula is C14H21ClFN. The molecule has 2 N–H and O–H groups in total. The van der Waals surface area contributed by atoms with Gasteiger partial charge in [0.1, 0.15) is 5.82 Å². The predicted molar refractivity (Wildman–Crippen MR) is 71.9 cm³/mol. The molecule has 2 rings (SSSR count). The number of aryl methyl sites for hydroxylation is 1. The molecule has 1 fully saturated rings. The van der Waals surface area contributed by atoms with E-state index in [-0.39, 0.29) is 24.3 Å². The first kappa shape index (κ1) is 14.5. The van der Waals surface area contributed by atoms with E-state index in [0.717, 1.165) is 18.4 Å². The van der Waals surface area contributed by atoms with Crippen molar-refractivity contribution in [3.05, 3.63) is 35.1 Å². The zero-order valence-corrected chi connectivity index (χ0v) is 11.1. The molecule has 0 amide bonds. The van der Waals surface area contributed by atoms with Crippen LogP contribution in [0.4, 0.5) is 4.39 Å². The maximum Gasteiger partial charge on any atom is 0.128 e. The zero-order chi connectivity index (χ0) is 11.5. The van der Waals surface area contributed by atoms with E-state index < -0.39 is 0 Å². The highest BCUT2D eigenvalue weighted by Crippen LogP contribution is 2.33. The quantitative estimate of drug-likeness (QED) is 0.847. The molecule has 0 spiro atoms. The van der Waals surface area contributed by atoms with Crippen LogP contribution in [0.2, 0.25) is 0 Å². The lowest BCUT2D eigenvalue weighted by Crippen LogP contribution is -2.24. The lowest BCUT2D eigenvalue weighted by molar-refractivity contribution is 0.303. The Labute approximate surface area is 109 Å². The monoisotopic (exact) mass is 257 g/mol. The van der Waals surface area contributed by atoms with Crippen molar-refractivity contribution in [1.82, 2.24) is 0 Å². The van der Waals surface area contributed by atoms with Gasteiger partial charge in [-0.2, -0.15) is 0 Å². The Bertz CT molecular complexity index is 361. The second-order valence-electron chi connectivity index (χ2n) is 4.95. The van der Waals surface area contributed by atoms with Gasteiger partial charge in [0.2, 0.25) is 0 Å². The highest BCUT2D eigenvalue weighted by Gasteiger charge is 2.23. The van der Waals surface area contributed by atoms with Crippen LogP contribution in [0.25, 0.3) is 0 Å². The summed E-state index contributed by atoms with van der Waals surface area (Å²) in [6, 6.07) is 5.25. The second kappa shape index (κ2) is 6.36. The molecule has 0 unspecified atom stereocenters. The van der Waals surface area contributed by atoms with E-state index >= 15 is 0 Å². The van der Waals surface area contributed by atoms with Crippen LogP contribution >= 0.6 is 12.4 Å². The lowest BCUT2D eigenvalue weighted by atomic mass is 9.81. The predicted octanol–water partition coefficient (Wildman–Crippen LogP) is 4.14. The molecule has 0 heterocycles. The molecule has 0 aliphatic heterocycles. The van der Waals surface area contributed by atoms with Crippen LogP contribution in [0.1, 0.15) is 49.3 Å². The van der Waals surface area contributed by atoms with E-state index in [4.69, 9.17) is 5.73 Å². The third-order valence-corrected chi connectivity index (χ3v) is 3.67. The Balaban J connectivity index is 0.00000144. The number of halogens is 2. The van der Waals surface area contributed by atoms with Gasteiger partial charge in [0, 0.05) is 11.6 Å². The molecule has 1 nitrogen and oxygen atoms in total. The summed E-state index contributed by atoms with van der Waals surface area (Å²) in [6.07, 6.45) is 6.08. The van der Waals surface area contributed by atoms with Crippen LogP contribution in [0.5, 0.6) is 0 Å². The summed E-state index contributed by atoms with van der Waals surface area (Å²) in [6.45, 7) is 1.90. The van der Waals surface area contributed by atoms with Crippen LogP contribution in [-0.4, -0.2) is 0 Å². The fourth-order valence-electron chi connectivity index (χ4n) is 2.65. The molecule has 0 radical (unpaired) electrons.